The summed E-state index contributed by atoms with van der Waals surface area (Å²) < 4.78 is 0. The molecule has 1 rings (SSSR count). The van der Waals surface area contributed by atoms with Gasteiger partial charge in [-0.15, -0.1) is 0 Å². The van der Waals surface area contributed by atoms with E-state index >= 15 is 0 Å². The van der Waals surface area contributed by atoms with Gasteiger partial charge >= 0.3 is 0 Å². The topological polar surface area (TPSA) is 70.6 Å². The van der Waals surface area contributed by atoms with Crippen LogP contribution in [0, 0.1) is 6.92 Å². The maximum atomic E-state index is 8.60. The minimum Gasteiger partial charge on any atom is -0.409 e. The van der Waals surface area contributed by atoms with Crippen LogP contribution in [0.25, 0.3) is 0 Å². The molecule has 4 nitrogen and oxygen atoms in total. The molecule has 0 saturated heterocycles. The third-order valence-corrected chi connectivity index (χ3v) is 3.10. The van der Waals surface area contributed by atoms with E-state index in [-0.39, 0.29) is 17.9 Å². The van der Waals surface area contributed by atoms with Gasteiger partial charge in [0.1, 0.15) is 5.84 Å². The first kappa shape index (κ1) is 14.5. The molecular formula is C14H23N3O. The van der Waals surface area contributed by atoms with Gasteiger partial charge in [-0.1, -0.05) is 41.9 Å². The summed E-state index contributed by atoms with van der Waals surface area (Å²) in [6, 6.07) is 8.91. The highest BCUT2D eigenvalue weighted by molar-refractivity contribution is 5.80. The summed E-state index contributed by atoms with van der Waals surface area (Å²) in [7, 11) is 0. The maximum Gasteiger partial charge on any atom is 0.140 e. The molecule has 2 atom stereocenters. The van der Waals surface area contributed by atoms with Gasteiger partial charge in [0.2, 0.25) is 0 Å². The molecule has 1 aromatic carbocycles. The molecule has 0 aliphatic carbocycles. The van der Waals surface area contributed by atoms with E-state index in [0.29, 0.717) is 6.42 Å². The van der Waals surface area contributed by atoms with Crippen molar-refractivity contribution in [1.29, 1.82) is 0 Å². The zero-order valence-corrected chi connectivity index (χ0v) is 11.4. The third kappa shape index (κ3) is 4.37. The van der Waals surface area contributed by atoms with Gasteiger partial charge in [-0.3, -0.25) is 0 Å². The zero-order chi connectivity index (χ0) is 13.5. The maximum absolute atomic E-state index is 8.60. The van der Waals surface area contributed by atoms with Crippen LogP contribution in [0.3, 0.4) is 0 Å². The number of hydrogen-bond donors (Lipinski definition) is 3. The number of amidine groups is 1. The van der Waals surface area contributed by atoms with E-state index in [1.165, 1.54) is 11.1 Å². The van der Waals surface area contributed by atoms with E-state index in [0.717, 1.165) is 6.42 Å². The highest BCUT2D eigenvalue weighted by atomic mass is 16.4. The Morgan fingerprint density at radius 2 is 2.22 bits per heavy atom. The molecular weight excluding hydrogens is 226 g/mol. The lowest BCUT2D eigenvalue weighted by atomic mass is 10.0. The number of rotatable bonds is 6. The summed E-state index contributed by atoms with van der Waals surface area (Å²) in [6.45, 7) is 6.30. The predicted octanol–water partition coefficient (Wildman–Crippen LogP) is 2.56. The number of oxime groups is 1. The second-order valence-electron chi connectivity index (χ2n) is 4.70. The Bertz CT molecular complexity index is 404. The molecule has 1 unspecified atom stereocenters. The molecule has 1 aromatic rings. The van der Waals surface area contributed by atoms with Crippen molar-refractivity contribution in [3.63, 3.8) is 0 Å². The predicted molar refractivity (Wildman–Crippen MR) is 74.8 cm³/mol. The number of benzene rings is 1. The van der Waals surface area contributed by atoms with E-state index in [1.807, 2.05) is 0 Å². The summed E-state index contributed by atoms with van der Waals surface area (Å²) in [5.74, 6) is 0.269. The molecule has 0 bridgehead atoms. The van der Waals surface area contributed by atoms with Crippen LogP contribution in [0.15, 0.2) is 29.4 Å². The standard InChI is InChI=1S/C14H23N3O/c1-4-13(9-14(15)17-18)16-11(3)12-7-5-6-10(2)8-12/h5-8,11,13,16,18H,4,9H2,1-3H3,(H2,15,17)/t11-,13?/m0/s1. The lowest BCUT2D eigenvalue weighted by Gasteiger charge is -2.22. The molecule has 0 aliphatic rings. The minimum absolute atomic E-state index is 0.219. The van der Waals surface area contributed by atoms with Gasteiger partial charge in [0.25, 0.3) is 0 Å². The molecule has 0 fully saturated rings. The molecule has 4 heteroatoms. The molecule has 0 spiro atoms. The normalized spacial score (nSPS) is 15.4. The molecule has 100 valence electrons. The summed E-state index contributed by atoms with van der Waals surface area (Å²) in [5, 5.41) is 15.1. The number of nitrogens with one attached hydrogen (secondary N) is 1. The Morgan fingerprint density at radius 3 is 2.78 bits per heavy atom. The lowest BCUT2D eigenvalue weighted by Crippen LogP contribution is -2.35. The number of aryl methyl sites for hydroxylation is 1. The first-order chi connectivity index (χ1) is 8.56. The fourth-order valence-corrected chi connectivity index (χ4v) is 2.00. The smallest absolute Gasteiger partial charge is 0.140 e. The van der Waals surface area contributed by atoms with Crippen LogP contribution < -0.4 is 11.1 Å². The van der Waals surface area contributed by atoms with Gasteiger partial charge in [-0.2, -0.15) is 0 Å². The van der Waals surface area contributed by atoms with Crippen LogP contribution in [0.2, 0.25) is 0 Å². The first-order valence-electron chi connectivity index (χ1n) is 6.35. The third-order valence-electron chi connectivity index (χ3n) is 3.10. The molecule has 18 heavy (non-hydrogen) atoms. The van der Waals surface area contributed by atoms with E-state index in [1.54, 1.807) is 0 Å². The van der Waals surface area contributed by atoms with Crippen LogP contribution in [-0.4, -0.2) is 17.1 Å². The molecule has 0 heterocycles. The fraction of sp³-hybridized carbons (Fsp3) is 0.500. The number of nitrogens with zero attached hydrogens (tertiary/aromatic N) is 1. The van der Waals surface area contributed by atoms with Gasteiger partial charge in [0.15, 0.2) is 0 Å². The summed E-state index contributed by atoms with van der Waals surface area (Å²) in [6.07, 6.45) is 1.50. The van der Waals surface area contributed by atoms with E-state index < -0.39 is 0 Å². The fourth-order valence-electron chi connectivity index (χ4n) is 2.00. The van der Waals surface area contributed by atoms with E-state index in [2.05, 4.69) is 55.5 Å². The second-order valence-corrected chi connectivity index (χ2v) is 4.70. The number of nitrogens with two attached hydrogens (primary N) is 1. The average molecular weight is 249 g/mol. The van der Waals surface area contributed by atoms with Gasteiger partial charge < -0.3 is 16.3 Å². The van der Waals surface area contributed by atoms with Gasteiger partial charge in [-0.05, 0) is 25.8 Å². The summed E-state index contributed by atoms with van der Waals surface area (Å²) >= 11 is 0. The Hall–Kier alpha value is -1.55. The SMILES string of the molecule is CCC(C/C(N)=N/O)N[C@@H](C)c1cccc(C)c1. The molecule has 0 radical (unpaired) electrons. The summed E-state index contributed by atoms with van der Waals surface area (Å²) in [4.78, 5) is 0. The highest BCUT2D eigenvalue weighted by Gasteiger charge is 2.13. The Balaban J connectivity index is 2.64. The van der Waals surface area contributed by atoms with Crippen LogP contribution >= 0.6 is 0 Å². The van der Waals surface area contributed by atoms with Crippen molar-refractivity contribution in [2.45, 2.75) is 45.7 Å². The largest absolute Gasteiger partial charge is 0.409 e. The molecule has 4 N–H and O–H groups in total. The lowest BCUT2D eigenvalue weighted by molar-refractivity contribution is 0.315. The number of hydrogen-bond acceptors (Lipinski definition) is 3. The summed E-state index contributed by atoms with van der Waals surface area (Å²) in [5.41, 5.74) is 8.06. The minimum atomic E-state index is 0.219. The van der Waals surface area contributed by atoms with Crippen molar-refractivity contribution in [3.05, 3.63) is 35.4 Å². The molecule has 0 saturated carbocycles. The zero-order valence-electron chi connectivity index (χ0n) is 11.4. The van der Waals surface area contributed by atoms with Gasteiger partial charge in [0.05, 0.1) is 0 Å². The molecule has 0 aromatic heterocycles. The molecule has 0 amide bonds. The van der Waals surface area contributed by atoms with Crippen molar-refractivity contribution in [2.75, 3.05) is 0 Å². The van der Waals surface area contributed by atoms with Crippen molar-refractivity contribution >= 4 is 5.84 Å². The molecule has 0 aliphatic heterocycles. The van der Waals surface area contributed by atoms with Gasteiger partial charge in [-0.25, -0.2) is 0 Å². The van der Waals surface area contributed by atoms with E-state index in [4.69, 9.17) is 10.9 Å². The second kappa shape index (κ2) is 7.01. The van der Waals surface area contributed by atoms with Crippen LogP contribution in [-0.2, 0) is 0 Å². The van der Waals surface area contributed by atoms with E-state index in [9.17, 15) is 0 Å². The van der Waals surface area contributed by atoms with Crippen LogP contribution in [0.5, 0.6) is 0 Å². The van der Waals surface area contributed by atoms with Crippen molar-refractivity contribution < 1.29 is 5.21 Å². The van der Waals surface area contributed by atoms with Crippen molar-refractivity contribution in [1.82, 2.24) is 5.32 Å². The van der Waals surface area contributed by atoms with Gasteiger partial charge in [0, 0.05) is 18.5 Å². The van der Waals surface area contributed by atoms with Crippen LogP contribution in [0.4, 0.5) is 0 Å². The average Bonchev–Trinajstić information content (AvgIpc) is 2.37. The Kier molecular flexibility index (Phi) is 5.65. The monoisotopic (exact) mass is 249 g/mol. The Labute approximate surface area is 109 Å². The van der Waals surface area contributed by atoms with Crippen molar-refractivity contribution in [3.8, 4) is 0 Å². The first-order valence-corrected chi connectivity index (χ1v) is 6.35. The highest BCUT2D eigenvalue weighted by Crippen LogP contribution is 2.15. The van der Waals surface area contributed by atoms with Crippen molar-refractivity contribution in [2.24, 2.45) is 10.9 Å². The Morgan fingerprint density at radius 1 is 1.50 bits per heavy atom. The van der Waals surface area contributed by atoms with Crippen LogP contribution in [0.1, 0.15) is 43.9 Å². The quantitative estimate of drug-likeness (QED) is 0.314.